The highest BCUT2D eigenvalue weighted by molar-refractivity contribution is 7.89. The summed E-state index contributed by atoms with van der Waals surface area (Å²) >= 11 is 0. The summed E-state index contributed by atoms with van der Waals surface area (Å²) in [4.78, 5) is 24.4. The van der Waals surface area contributed by atoms with Crippen LogP contribution < -0.4 is 15.4 Å². The molecule has 1 unspecified atom stereocenters. The van der Waals surface area contributed by atoms with Gasteiger partial charge in [0.2, 0.25) is 10.0 Å². The van der Waals surface area contributed by atoms with Crippen molar-refractivity contribution in [3.8, 4) is 5.75 Å². The monoisotopic (exact) mass is 459 g/mol. The average Bonchev–Trinajstić information content (AvgIpc) is 3.30. The molecule has 0 saturated carbocycles. The zero-order chi connectivity index (χ0) is 23.0. The Bertz CT molecular complexity index is 1010. The molecule has 1 heterocycles. The maximum Gasteiger partial charge on any atom is 0.309 e. The number of rotatable bonds is 9. The summed E-state index contributed by atoms with van der Waals surface area (Å²) in [6.07, 6.45) is 2.85. The Labute approximate surface area is 189 Å². The lowest BCUT2D eigenvalue weighted by molar-refractivity contribution is -0.139. The molecule has 2 aromatic carbocycles. The van der Waals surface area contributed by atoms with Crippen molar-refractivity contribution in [2.24, 2.45) is 0 Å². The summed E-state index contributed by atoms with van der Waals surface area (Å²) < 4.78 is 32.5. The Morgan fingerprint density at radius 3 is 2.41 bits per heavy atom. The standard InChI is InChI=1S/C23H29N3O5S/c1-31-20-11-13-21(14-12-20)32(29,30)26-16-6-10-19(26)17-25-23(28)22(27)24-15-5-9-18-7-3-2-4-8-18/h2-4,7-8,11-14,19H,5-6,9-10,15-17H2,1H3,(H,24,27)(H,25,28). The zero-order valence-electron chi connectivity index (χ0n) is 18.1. The van der Waals surface area contributed by atoms with Crippen LogP contribution >= 0.6 is 0 Å². The summed E-state index contributed by atoms with van der Waals surface area (Å²) in [7, 11) is -2.18. The number of benzene rings is 2. The van der Waals surface area contributed by atoms with Gasteiger partial charge >= 0.3 is 11.8 Å². The fourth-order valence-electron chi connectivity index (χ4n) is 3.72. The van der Waals surface area contributed by atoms with Crippen molar-refractivity contribution >= 4 is 21.8 Å². The van der Waals surface area contributed by atoms with E-state index in [4.69, 9.17) is 4.74 Å². The van der Waals surface area contributed by atoms with Gasteiger partial charge in [-0.2, -0.15) is 4.31 Å². The first-order valence-electron chi connectivity index (χ1n) is 10.7. The summed E-state index contributed by atoms with van der Waals surface area (Å²) in [6.45, 7) is 0.856. The fraction of sp³-hybridized carbons (Fsp3) is 0.391. The average molecular weight is 460 g/mol. The first kappa shape index (κ1) is 23.7. The maximum atomic E-state index is 13.0. The number of amides is 2. The molecule has 2 aromatic rings. The van der Waals surface area contributed by atoms with Crippen molar-refractivity contribution < 1.29 is 22.7 Å². The van der Waals surface area contributed by atoms with Gasteiger partial charge in [0.1, 0.15) is 5.75 Å². The lowest BCUT2D eigenvalue weighted by Crippen LogP contribution is -2.47. The van der Waals surface area contributed by atoms with Crippen LogP contribution in [0.15, 0.2) is 59.5 Å². The van der Waals surface area contributed by atoms with Gasteiger partial charge in [-0.1, -0.05) is 30.3 Å². The van der Waals surface area contributed by atoms with Crippen LogP contribution in [0.4, 0.5) is 0 Å². The van der Waals surface area contributed by atoms with Gasteiger partial charge in [0.05, 0.1) is 12.0 Å². The van der Waals surface area contributed by atoms with Crippen LogP contribution in [0.3, 0.4) is 0 Å². The molecule has 0 bridgehead atoms. The van der Waals surface area contributed by atoms with E-state index < -0.39 is 27.9 Å². The summed E-state index contributed by atoms with van der Waals surface area (Å²) in [5.41, 5.74) is 1.17. The number of methoxy groups -OCH3 is 1. The molecule has 1 aliphatic rings. The smallest absolute Gasteiger partial charge is 0.309 e. The second-order valence-electron chi connectivity index (χ2n) is 7.64. The largest absolute Gasteiger partial charge is 0.497 e. The first-order valence-corrected chi connectivity index (χ1v) is 12.1. The molecule has 0 radical (unpaired) electrons. The molecule has 3 rings (SSSR count). The van der Waals surface area contributed by atoms with Crippen molar-refractivity contribution in [2.75, 3.05) is 26.7 Å². The van der Waals surface area contributed by atoms with Gasteiger partial charge in [-0.05, 0) is 55.5 Å². The highest BCUT2D eigenvalue weighted by Gasteiger charge is 2.35. The number of ether oxygens (including phenoxy) is 1. The van der Waals surface area contributed by atoms with Gasteiger partial charge < -0.3 is 15.4 Å². The lowest BCUT2D eigenvalue weighted by atomic mass is 10.1. The SMILES string of the molecule is COc1ccc(S(=O)(=O)N2CCCC2CNC(=O)C(=O)NCCCc2ccccc2)cc1. The topological polar surface area (TPSA) is 105 Å². The molecule has 172 valence electrons. The van der Waals surface area contributed by atoms with E-state index >= 15 is 0 Å². The predicted molar refractivity (Wildman–Crippen MR) is 121 cm³/mol. The molecular formula is C23H29N3O5S. The fourth-order valence-corrected chi connectivity index (χ4v) is 5.42. The van der Waals surface area contributed by atoms with E-state index in [1.54, 1.807) is 12.1 Å². The molecule has 1 aliphatic heterocycles. The van der Waals surface area contributed by atoms with Crippen LogP contribution in [0.1, 0.15) is 24.8 Å². The number of hydrogen-bond acceptors (Lipinski definition) is 5. The third-order valence-electron chi connectivity index (χ3n) is 5.46. The summed E-state index contributed by atoms with van der Waals surface area (Å²) in [6, 6.07) is 15.7. The molecule has 1 fully saturated rings. The highest BCUT2D eigenvalue weighted by Crippen LogP contribution is 2.26. The van der Waals surface area contributed by atoms with E-state index in [1.165, 1.54) is 29.1 Å². The van der Waals surface area contributed by atoms with E-state index in [0.717, 1.165) is 12.8 Å². The number of carbonyl (C=O) groups is 2. The van der Waals surface area contributed by atoms with Crippen molar-refractivity contribution in [1.82, 2.24) is 14.9 Å². The van der Waals surface area contributed by atoms with Crippen LogP contribution in [0.5, 0.6) is 5.75 Å². The lowest BCUT2D eigenvalue weighted by Gasteiger charge is -2.24. The van der Waals surface area contributed by atoms with Gasteiger partial charge in [0.25, 0.3) is 0 Å². The molecule has 0 aliphatic carbocycles. The second-order valence-corrected chi connectivity index (χ2v) is 9.53. The quantitative estimate of drug-likeness (QED) is 0.439. The molecule has 2 amide bonds. The van der Waals surface area contributed by atoms with Gasteiger partial charge in [-0.3, -0.25) is 9.59 Å². The van der Waals surface area contributed by atoms with Crippen molar-refractivity contribution in [3.05, 3.63) is 60.2 Å². The maximum absolute atomic E-state index is 13.0. The minimum atomic E-state index is -3.70. The Morgan fingerprint density at radius 1 is 1.03 bits per heavy atom. The second kappa shape index (κ2) is 11.1. The van der Waals surface area contributed by atoms with E-state index in [-0.39, 0.29) is 11.4 Å². The number of aryl methyl sites for hydroxylation is 1. The number of nitrogens with one attached hydrogen (secondary N) is 2. The molecular weight excluding hydrogens is 430 g/mol. The van der Waals surface area contributed by atoms with Crippen LogP contribution in [-0.2, 0) is 26.0 Å². The number of carbonyl (C=O) groups excluding carboxylic acids is 2. The summed E-state index contributed by atoms with van der Waals surface area (Å²) in [5.74, 6) is -0.886. The van der Waals surface area contributed by atoms with Gasteiger partial charge in [-0.25, -0.2) is 8.42 Å². The molecule has 9 heteroatoms. The first-order chi connectivity index (χ1) is 15.4. The summed E-state index contributed by atoms with van der Waals surface area (Å²) in [5, 5.41) is 5.19. The molecule has 0 aromatic heterocycles. The van der Waals surface area contributed by atoms with E-state index in [1.807, 2.05) is 30.3 Å². The molecule has 8 nitrogen and oxygen atoms in total. The Balaban J connectivity index is 1.47. The molecule has 1 saturated heterocycles. The predicted octanol–water partition coefficient (Wildman–Crippen LogP) is 1.71. The molecule has 0 spiro atoms. The van der Waals surface area contributed by atoms with Gasteiger partial charge in [0.15, 0.2) is 0 Å². The Kier molecular flexibility index (Phi) is 8.24. The molecule has 2 N–H and O–H groups in total. The molecule has 32 heavy (non-hydrogen) atoms. The minimum absolute atomic E-state index is 0.0889. The number of hydrogen-bond donors (Lipinski definition) is 2. The Morgan fingerprint density at radius 2 is 1.72 bits per heavy atom. The Hall–Kier alpha value is -2.91. The third-order valence-corrected chi connectivity index (χ3v) is 7.43. The van der Waals surface area contributed by atoms with Crippen molar-refractivity contribution in [3.63, 3.8) is 0 Å². The van der Waals surface area contributed by atoms with Crippen molar-refractivity contribution in [1.29, 1.82) is 0 Å². The zero-order valence-corrected chi connectivity index (χ0v) is 18.9. The number of nitrogens with zero attached hydrogens (tertiary/aromatic N) is 1. The van der Waals surface area contributed by atoms with Crippen LogP contribution in [0, 0.1) is 0 Å². The minimum Gasteiger partial charge on any atom is -0.497 e. The van der Waals surface area contributed by atoms with Gasteiger partial charge in [-0.15, -0.1) is 0 Å². The normalized spacial score (nSPS) is 16.5. The van der Waals surface area contributed by atoms with E-state index in [2.05, 4.69) is 10.6 Å². The van der Waals surface area contributed by atoms with Crippen LogP contribution in [-0.4, -0.2) is 57.3 Å². The van der Waals surface area contributed by atoms with Crippen LogP contribution in [0.25, 0.3) is 0 Å². The van der Waals surface area contributed by atoms with E-state index in [9.17, 15) is 18.0 Å². The molecule has 1 atom stereocenters. The van der Waals surface area contributed by atoms with Gasteiger partial charge in [0, 0.05) is 25.7 Å². The van der Waals surface area contributed by atoms with Crippen LogP contribution in [0.2, 0.25) is 0 Å². The third kappa shape index (κ3) is 6.08. The van der Waals surface area contributed by atoms with E-state index in [0.29, 0.717) is 31.7 Å². The highest BCUT2D eigenvalue weighted by atomic mass is 32.2. The van der Waals surface area contributed by atoms with Crippen molar-refractivity contribution in [2.45, 2.75) is 36.6 Å². The number of sulfonamides is 1.